The molecule has 1 aromatic carbocycles. The number of carbonyl (C=O) groups is 1. The van der Waals surface area contributed by atoms with E-state index in [2.05, 4.69) is 5.10 Å². The lowest BCUT2D eigenvalue weighted by Crippen LogP contribution is -2.57. The van der Waals surface area contributed by atoms with Crippen molar-refractivity contribution in [3.05, 3.63) is 48.3 Å². The molecule has 0 aliphatic rings. The highest BCUT2D eigenvalue weighted by atomic mass is 19.4. The molecule has 2 rings (SSSR count). The van der Waals surface area contributed by atoms with Gasteiger partial charge in [0.2, 0.25) is 0 Å². The first kappa shape index (κ1) is 14.1. The molecule has 1 heterocycles. The average Bonchev–Trinajstić information content (AvgIpc) is 2.86. The van der Waals surface area contributed by atoms with Gasteiger partial charge in [-0.2, -0.15) is 18.3 Å². The highest BCUT2D eigenvalue weighted by molar-refractivity contribution is 5.81. The number of nitrogens with two attached hydrogens (primary N) is 1. The Balaban J connectivity index is 2.65. The molecule has 1 unspecified atom stereocenters. The third kappa shape index (κ3) is 2.03. The molecule has 0 radical (unpaired) electrons. The maximum absolute atomic E-state index is 13.1. The van der Waals surface area contributed by atoms with Gasteiger partial charge in [0, 0.05) is 6.20 Å². The molecule has 0 aliphatic heterocycles. The van der Waals surface area contributed by atoms with Crippen molar-refractivity contribution in [2.75, 3.05) is 0 Å². The van der Waals surface area contributed by atoms with Crippen LogP contribution < -0.4 is 5.73 Å². The number of carboxylic acid groups (broad SMARTS) is 1. The van der Waals surface area contributed by atoms with Crippen molar-refractivity contribution < 1.29 is 23.1 Å². The molecule has 0 aliphatic carbocycles. The maximum Gasteiger partial charge on any atom is 0.423 e. The van der Waals surface area contributed by atoms with E-state index in [0.717, 1.165) is 16.9 Å². The van der Waals surface area contributed by atoms with E-state index >= 15 is 0 Å². The molecular weight excluding hydrogens is 275 g/mol. The normalized spacial score (nSPS) is 14.8. The first-order chi connectivity index (χ1) is 9.28. The van der Waals surface area contributed by atoms with Crippen LogP contribution in [0.3, 0.4) is 0 Å². The largest absolute Gasteiger partial charge is 0.479 e. The van der Waals surface area contributed by atoms with Crippen LogP contribution in [0.5, 0.6) is 0 Å². The first-order valence-electron chi connectivity index (χ1n) is 5.47. The van der Waals surface area contributed by atoms with Gasteiger partial charge in [0.05, 0.1) is 11.4 Å². The van der Waals surface area contributed by atoms with Crippen molar-refractivity contribution >= 4 is 5.97 Å². The summed E-state index contributed by atoms with van der Waals surface area (Å²) in [6, 6.07) is 8.78. The molecule has 0 bridgehead atoms. The topological polar surface area (TPSA) is 81.1 Å². The van der Waals surface area contributed by atoms with Crippen LogP contribution >= 0.6 is 0 Å². The van der Waals surface area contributed by atoms with Gasteiger partial charge in [-0.1, -0.05) is 18.2 Å². The van der Waals surface area contributed by atoms with Crippen molar-refractivity contribution in [3.8, 4) is 5.69 Å². The summed E-state index contributed by atoms with van der Waals surface area (Å²) in [5, 5.41) is 12.6. The minimum atomic E-state index is -5.16. The van der Waals surface area contributed by atoms with Crippen molar-refractivity contribution in [2.45, 2.75) is 11.7 Å². The Kier molecular flexibility index (Phi) is 3.26. The second-order valence-electron chi connectivity index (χ2n) is 4.07. The summed E-state index contributed by atoms with van der Waals surface area (Å²) in [6.07, 6.45) is -4.09. The van der Waals surface area contributed by atoms with Gasteiger partial charge in [-0.15, -0.1) is 0 Å². The van der Waals surface area contributed by atoms with Crippen LogP contribution in [0.4, 0.5) is 13.2 Å². The number of benzene rings is 1. The number of aliphatic carboxylic acids is 1. The highest BCUT2D eigenvalue weighted by Crippen LogP contribution is 2.37. The summed E-state index contributed by atoms with van der Waals surface area (Å²) < 4.78 is 40.1. The van der Waals surface area contributed by atoms with E-state index in [1.54, 1.807) is 18.2 Å². The van der Waals surface area contributed by atoms with Gasteiger partial charge in [0.1, 0.15) is 0 Å². The highest BCUT2D eigenvalue weighted by Gasteiger charge is 2.61. The predicted molar refractivity (Wildman–Crippen MR) is 63.1 cm³/mol. The van der Waals surface area contributed by atoms with Gasteiger partial charge in [0.25, 0.3) is 5.54 Å². The number of nitrogens with zero attached hydrogens (tertiary/aromatic N) is 2. The Morgan fingerprint density at radius 1 is 1.20 bits per heavy atom. The van der Waals surface area contributed by atoms with Crippen LogP contribution in [0.25, 0.3) is 5.69 Å². The number of halogens is 3. The lowest BCUT2D eigenvalue weighted by molar-refractivity contribution is -0.205. The minimum Gasteiger partial charge on any atom is -0.479 e. The number of hydrogen-bond acceptors (Lipinski definition) is 3. The Morgan fingerprint density at radius 3 is 2.30 bits per heavy atom. The summed E-state index contributed by atoms with van der Waals surface area (Å²) in [5.41, 5.74) is 1.23. The first-order valence-corrected chi connectivity index (χ1v) is 5.47. The number of hydrogen-bond donors (Lipinski definition) is 2. The zero-order chi connectivity index (χ0) is 15.0. The smallest absolute Gasteiger partial charge is 0.423 e. The molecule has 3 N–H and O–H groups in total. The second kappa shape index (κ2) is 4.64. The number of alkyl halides is 3. The maximum atomic E-state index is 13.1. The van der Waals surface area contributed by atoms with E-state index in [0.29, 0.717) is 0 Å². The standard InChI is InChI=1S/C12H10F3N3O2/c13-12(14,15)11(16,10(19)20)9-6-7-17-18(9)8-4-2-1-3-5-8/h1-7H,16H2,(H,19,20). The number of carboxylic acids is 1. The van der Waals surface area contributed by atoms with Gasteiger partial charge in [-0.25, -0.2) is 9.48 Å². The van der Waals surface area contributed by atoms with Crippen LogP contribution in [0.2, 0.25) is 0 Å². The molecule has 0 spiro atoms. The molecule has 0 amide bonds. The SMILES string of the molecule is NC(C(=O)O)(c1ccnn1-c1ccccc1)C(F)(F)F. The lowest BCUT2D eigenvalue weighted by Gasteiger charge is -2.27. The van der Waals surface area contributed by atoms with E-state index < -0.39 is 23.4 Å². The van der Waals surface area contributed by atoms with Crippen LogP contribution in [0.1, 0.15) is 5.69 Å². The van der Waals surface area contributed by atoms with E-state index in [1.165, 1.54) is 12.1 Å². The van der Waals surface area contributed by atoms with Crippen molar-refractivity contribution in [1.82, 2.24) is 9.78 Å². The Bertz CT molecular complexity index is 624. The molecule has 1 atom stereocenters. The van der Waals surface area contributed by atoms with Gasteiger partial charge in [-0.3, -0.25) is 0 Å². The second-order valence-corrected chi connectivity index (χ2v) is 4.07. The summed E-state index contributed by atoms with van der Waals surface area (Å²) in [4.78, 5) is 11.1. The molecule has 0 saturated heterocycles. The quantitative estimate of drug-likeness (QED) is 0.899. The van der Waals surface area contributed by atoms with E-state index in [9.17, 15) is 18.0 Å². The number of aromatic nitrogens is 2. The van der Waals surface area contributed by atoms with Crippen LogP contribution in [0.15, 0.2) is 42.6 Å². The fraction of sp³-hybridized carbons (Fsp3) is 0.167. The monoisotopic (exact) mass is 285 g/mol. The Morgan fingerprint density at radius 2 is 1.80 bits per heavy atom. The van der Waals surface area contributed by atoms with Gasteiger partial charge >= 0.3 is 12.1 Å². The average molecular weight is 285 g/mol. The molecule has 1 aromatic heterocycles. The third-order valence-electron chi connectivity index (χ3n) is 2.83. The van der Waals surface area contributed by atoms with Crippen LogP contribution in [0, 0.1) is 0 Å². The Labute approximate surface area is 111 Å². The van der Waals surface area contributed by atoms with E-state index in [1.807, 2.05) is 0 Å². The van der Waals surface area contributed by atoms with Crippen molar-refractivity contribution in [1.29, 1.82) is 0 Å². The van der Waals surface area contributed by atoms with Crippen molar-refractivity contribution in [3.63, 3.8) is 0 Å². The summed E-state index contributed by atoms with van der Waals surface area (Å²) in [7, 11) is 0. The molecule has 0 fully saturated rings. The molecule has 106 valence electrons. The molecule has 0 saturated carbocycles. The number of rotatable bonds is 3. The molecule has 20 heavy (non-hydrogen) atoms. The number of para-hydroxylation sites is 1. The van der Waals surface area contributed by atoms with E-state index in [-0.39, 0.29) is 5.69 Å². The molecular formula is C12H10F3N3O2. The predicted octanol–water partition coefficient (Wildman–Crippen LogP) is 1.67. The zero-order valence-corrected chi connectivity index (χ0v) is 10.0. The van der Waals surface area contributed by atoms with Crippen LogP contribution in [-0.4, -0.2) is 27.0 Å². The molecule has 8 heteroatoms. The lowest BCUT2D eigenvalue weighted by atomic mass is 9.95. The van der Waals surface area contributed by atoms with Gasteiger partial charge in [-0.05, 0) is 18.2 Å². The van der Waals surface area contributed by atoms with E-state index in [4.69, 9.17) is 10.8 Å². The molecule has 2 aromatic rings. The zero-order valence-electron chi connectivity index (χ0n) is 10.0. The minimum absolute atomic E-state index is 0.285. The fourth-order valence-electron chi connectivity index (χ4n) is 1.75. The third-order valence-corrected chi connectivity index (χ3v) is 2.83. The summed E-state index contributed by atoms with van der Waals surface area (Å²) >= 11 is 0. The van der Waals surface area contributed by atoms with Crippen LogP contribution in [-0.2, 0) is 10.3 Å². The van der Waals surface area contributed by atoms with Gasteiger partial charge in [0.15, 0.2) is 0 Å². The fourth-order valence-corrected chi connectivity index (χ4v) is 1.75. The molecule has 5 nitrogen and oxygen atoms in total. The van der Waals surface area contributed by atoms with Gasteiger partial charge < -0.3 is 10.8 Å². The Hall–Kier alpha value is -2.35. The van der Waals surface area contributed by atoms with Crippen molar-refractivity contribution in [2.24, 2.45) is 5.73 Å². The summed E-state index contributed by atoms with van der Waals surface area (Å²) in [5.74, 6) is -2.19. The summed E-state index contributed by atoms with van der Waals surface area (Å²) in [6.45, 7) is 0.